The van der Waals surface area contributed by atoms with Crippen LogP contribution in [0, 0.1) is 20.2 Å². The Hall–Kier alpha value is -2.77. The van der Waals surface area contributed by atoms with Gasteiger partial charge in [0.2, 0.25) is 5.82 Å². The maximum atomic E-state index is 10.4. The second kappa shape index (κ2) is 4.00. The fraction of sp³-hybridized carbons (Fsp3) is 0. The number of nitrogens with one attached hydrogen (secondary N) is 1. The Kier molecular flexibility index (Phi) is 2.53. The first-order valence-electron chi connectivity index (χ1n) is 4.52. The topological polar surface area (TPSA) is 115 Å². The Labute approximate surface area is 94.2 Å². The van der Waals surface area contributed by atoms with Gasteiger partial charge in [0.05, 0.1) is 4.92 Å². The number of hydrogen-bond donors (Lipinski definition) is 1. The van der Waals surface area contributed by atoms with E-state index < -0.39 is 9.85 Å². The van der Waals surface area contributed by atoms with Crippen molar-refractivity contribution in [3.63, 3.8) is 0 Å². The van der Waals surface area contributed by atoms with Gasteiger partial charge in [-0.15, -0.1) is 0 Å². The van der Waals surface area contributed by atoms with Gasteiger partial charge in [0, 0.05) is 17.7 Å². The summed E-state index contributed by atoms with van der Waals surface area (Å²) in [6.45, 7) is 0. The number of aromatic nitrogens is 2. The van der Waals surface area contributed by atoms with Crippen LogP contribution in [-0.2, 0) is 0 Å². The predicted octanol–water partition coefficient (Wildman–Crippen LogP) is 1.89. The molecule has 0 bridgehead atoms. The molecule has 1 N–H and O–H groups in total. The van der Waals surface area contributed by atoms with Crippen LogP contribution >= 0.6 is 0 Å². The molecular formula is C9H6N4O4. The summed E-state index contributed by atoms with van der Waals surface area (Å²) in [7, 11) is 0. The van der Waals surface area contributed by atoms with Crippen molar-refractivity contribution in [1.82, 2.24) is 9.97 Å². The molecule has 0 fully saturated rings. The maximum Gasteiger partial charge on any atom is 0.340 e. The molecule has 1 aromatic heterocycles. The second-order valence-corrected chi connectivity index (χ2v) is 3.18. The number of hydrogen-bond acceptors (Lipinski definition) is 5. The monoisotopic (exact) mass is 234 g/mol. The van der Waals surface area contributed by atoms with Gasteiger partial charge in [-0.3, -0.25) is 10.1 Å². The lowest BCUT2D eigenvalue weighted by Gasteiger charge is -1.93. The SMILES string of the molecule is O=[N+]([O-])c1ccc(-c2ncc([N+](=O)[O-])[nH]2)cc1. The first kappa shape index (κ1) is 10.7. The summed E-state index contributed by atoms with van der Waals surface area (Å²) < 4.78 is 0. The van der Waals surface area contributed by atoms with E-state index in [1.807, 2.05) is 0 Å². The smallest absolute Gasteiger partial charge is 0.340 e. The van der Waals surface area contributed by atoms with Gasteiger partial charge in [0.25, 0.3) is 5.69 Å². The van der Waals surface area contributed by atoms with Crippen molar-refractivity contribution in [1.29, 1.82) is 0 Å². The minimum Gasteiger partial charge on any atom is -0.358 e. The van der Waals surface area contributed by atoms with E-state index in [1.54, 1.807) is 0 Å². The van der Waals surface area contributed by atoms with E-state index in [0.29, 0.717) is 11.4 Å². The van der Waals surface area contributed by atoms with Crippen molar-refractivity contribution in [3.05, 3.63) is 50.7 Å². The molecule has 0 amide bonds. The summed E-state index contributed by atoms with van der Waals surface area (Å²) in [6.07, 6.45) is 1.09. The van der Waals surface area contributed by atoms with Gasteiger partial charge in [-0.05, 0) is 17.1 Å². The molecule has 0 saturated carbocycles. The molecule has 1 aromatic carbocycles. The van der Waals surface area contributed by atoms with E-state index in [-0.39, 0.29) is 11.5 Å². The van der Waals surface area contributed by atoms with E-state index in [9.17, 15) is 20.2 Å². The van der Waals surface area contributed by atoms with Gasteiger partial charge in [-0.2, -0.15) is 0 Å². The molecular weight excluding hydrogens is 228 g/mol. The van der Waals surface area contributed by atoms with Crippen LogP contribution in [0.1, 0.15) is 0 Å². The first-order valence-corrected chi connectivity index (χ1v) is 4.52. The van der Waals surface area contributed by atoms with E-state index >= 15 is 0 Å². The molecule has 0 aliphatic carbocycles. The Balaban J connectivity index is 2.33. The number of aromatic amines is 1. The molecule has 0 atom stereocenters. The zero-order chi connectivity index (χ0) is 12.4. The Morgan fingerprint density at radius 3 is 2.18 bits per heavy atom. The number of benzene rings is 1. The zero-order valence-electron chi connectivity index (χ0n) is 8.36. The van der Waals surface area contributed by atoms with Crippen molar-refractivity contribution in [2.45, 2.75) is 0 Å². The van der Waals surface area contributed by atoms with Gasteiger partial charge in [-0.1, -0.05) is 0 Å². The van der Waals surface area contributed by atoms with E-state index in [1.165, 1.54) is 24.3 Å². The van der Waals surface area contributed by atoms with Crippen LogP contribution in [0.15, 0.2) is 30.5 Å². The first-order chi connectivity index (χ1) is 8.08. The molecule has 0 aliphatic rings. The second-order valence-electron chi connectivity index (χ2n) is 3.18. The van der Waals surface area contributed by atoms with Crippen LogP contribution in [-0.4, -0.2) is 19.8 Å². The highest BCUT2D eigenvalue weighted by Gasteiger charge is 2.13. The summed E-state index contributed by atoms with van der Waals surface area (Å²) in [5.41, 5.74) is 0.499. The van der Waals surface area contributed by atoms with Crippen molar-refractivity contribution in [2.75, 3.05) is 0 Å². The number of rotatable bonds is 3. The van der Waals surface area contributed by atoms with Crippen LogP contribution in [0.3, 0.4) is 0 Å². The number of nitrogens with zero attached hydrogens (tertiary/aromatic N) is 3. The molecule has 8 heteroatoms. The Bertz CT molecular complexity index is 575. The van der Waals surface area contributed by atoms with Crippen LogP contribution < -0.4 is 0 Å². The van der Waals surface area contributed by atoms with Crippen molar-refractivity contribution < 1.29 is 9.85 Å². The standard InChI is InChI=1S/C9H6N4O4/c14-12(15)7-3-1-6(2-4-7)9-10-5-8(11-9)13(16)17/h1-5H,(H,10,11). The number of non-ortho nitro benzene ring substituents is 1. The molecule has 0 saturated heterocycles. The molecule has 8 nitrogen and oxygen atoms in total. The van der Waals surface area contributed by atoms with E-state index in [4.69, 9.17) is 0 Å². The summed E-state index contributed by atoms with van der Waals surface area (Å²) in [6, 6.07) is 5.56. The van der Waals surface area contributed by atoms with Crippen LogP contribution in [0.5, 0.6) is 0 Å². The van der Waals surface area contributed by atoms with Gasteiger partial charge in [0.1, 0.15) is 6.20 Å². The van der Waals surface area contributed by atoms with Gasteiger partial charge < -0.3 is 10.1 Å². The van der Waals surface area contributed by atoms with Crippen molar-refractivity contribution >= 4 is 11.5 Å². The van der Waals surface area contributed by atoms with Gasteiger partial charge in [-0.25, -0.2) is 9.97 Å². The third-order valence-corrected chi connectivity index (χ3v) is 2.11. The lowest BCUT2D eigenvalue weighted by atomic mass is 10.2. The summed E-state index contributed by atoms with van der Waals surface area (Å²) >= 11 is 0. The average Bonchev–Trinajstić information content (AvgIpc) is 2.78. The quantitative estimate of drug-likeness (QED) is 0.643. The molecule has 0 spiro atoms. The van der Waals surface area contributed by atoms with Crippen molar-refractivity contribution in [3.8, 4) is 11.4 Å². The molecule has 0 unspecified atom stereocenters. The number of nitro groups is 2. The number of H-pyrrole nitrogens is 1. The fourth-order valence-electron chi connectivity index (χ4n) is 1.29. The average molecular weight is 234 g/mol. The Morgan fingerprint density at radius 1 is 1.06 bits per heavy atom. The fourth-order valence-corrected chi connectivity index (χ4v) is 1.29. The minimum atomic E-state index is -0.595. The zero-order valence-corrected chi connectivity index (χ0v) is 8.36. The summed E-state index contributed by atoms with van der Waals surface area (Å²) in [4.78, 5) is 26.1. The summed E-state index contributed by atoms with van der Waals surface area (Å²) in [5.74, 6) is 0.0740. The largest absolute Gasteiger partial charge is 0.358 e. The lowest BCUT2D eigenvalue weighted by Crippen LogP contribution is -1.89. The van der Waals surface area contributed by atoms with Crippen LogP contribution in [0.25, 0.3) is 11.4 Å². The lowest BCUT2D eigenvalue weighted by molar-refractivity contribution is -0.389. The Morgan fingerprint density at radius 2 is 1.71 bits per heavy atom. The van der Waals surface area contributed by atoms with E-state index in [2.05, 4.69) is 9.97 Å². The predicted molar refractivity (Wildman–Crippen MR) is 57.3 cm³/mol. The number of nitro benzene ring substituents is 1. The normalized spacial score (nSPS) is 10.1. The highest BCUT2D eigenvalue weighted by atomic mass is 16.6. The van der Waals surface area contributed by atoms with Crippen molar-refractivity contribution in [2.24, 2.45) is 0 Å². The molecule has 2 rings (SSSR count). The van der Waals surface area contributed by atoms with Crippen LogP contribution in [0.2, 0.25) is 0 Å². The third-order valence-electron chi connectivity index (χ3n) is 2.11. The molecule has 86 valence electrons. The van der Waals surface area contributed by atoms with Crippen LogP contribution in [0.4, 0.5) is 11.5 Å². The summed E-state index contributed by atoms with van der Waals surface area (Å²) in [5, 5.41) is 20.9. The minimum absolute atomic E-state index is 0.0465. The third kappa shape index (κ3) is 2.09. The van der Waals surface area contributed by atoms with E-state index in [0.717, 1.165) is 6.20 Å². The number of imidazole rings is 1. The van der Waals surface area contributed by atoms with Gasteiger partial charge >= 0.3 is 5.82 Å². The highest BCUT2D eigenvalue weighted by molar-refractivity contribution is 5.58. The molecule has 0 aliphatic heterocycles. The highest BCUT2D eigenvalue weighted by Crippen LogP contribution is 2.21. The molecule has 0 radical (unpaired) electrons. The van der Waals surface area contributed by atoms with Gasteiger partial charge in [0.15, 0.2) is 0 Å². The maximum absolute atomic E-state index is 10.4. The molecule has 2 aromatic rings. The molecule has 17 heavy (non-hydrogen) atoms. The molecule has 1 heterocycles.